The Morgan fingerprint density at radius 1 is 1.06 bits per heavy atom. The smallest absolute Gasteiger partial charge is 0.0937 e. The number of hydrogen-bond donors (Lipinski definition) is 0. The Morgan fingerprint density at radius 2 is 1.56 bits per heavy atom. The largest absolute Gasteiger partial charge is 0.371 e. The maximum Gasteiger partial charge on any atom is 0.0937 e. The lowest BCUT2D eigenvalue weighted by molar-refractivity contribution is -0.0270. The Bertz CT molecular complexity index is 383. The second-order valence-electron chi connectivity index (χ2n) is 5.98. The molecule has 1 atom stereocenters. The molecule has 100 valence electrons. The molecule has 0 fully saturated rings. The summed E-state index contributed by atoms with van der Waals surface area (Å²) in [5.74, 6) is 0. The Hall–Kier alpha value is -1.08. The van der Waals surface area contributed by atoms with Gasteiger partial charge >= 0.3 is 0 Å². The van der Waals surface area contributed by atoms with Crippen molar-refractivity contribution >= 4 is 0 Å². The molecule has 1 rings (SSSR count). The minimum Gasteiger partial charge on any atom is -0.371 e. The van der Waals surface area contributed by atoms with Crippen LogP contribution in [0.5, 0.6) is 0 Å². The van der Waals surface area contributed by atoms with E-state index in [0.717, 1.165) is 6.42 Å². The summed E-state index contributed by atoms with van der Waals surface area (Å²) < 4.78 is 5.91. The predicted octanol–water partition coefficient (Wildman–Crippen LogP) is 4.81. The van der Waals surface area contributed by atoms with Crippen molar-refractivity contribution in [3.05, 3.63) is 48.0 Å². The molecule has 1 heteroatoms. The Labute approximate surface area is 112 Å². The summed E-state index contributed by atoms with van der Waals surface area (Å²) in [5.41, 5.74) is 2.51. The molecule has 0 spiro atoms. The standard InChI is InChI=1S/C17H26O/c1-7-13-17(6,18-8-2)15-11-9-14(10-12-15)16(3,4)5/h7,9-12H,1,8,13H2,2-6H3. The van der Waals surface area contributed by atoms with Gasteiger partial charge in [0.25, 0.3) is 0 Å². The molecule has 0 aromatic heterocycles. The van der Waals surface area contributed by atoms with Crippen LogP contribution in [0, 0.1) is 0 Å². The summed E-state index contributed by atoms with van der Waals surface area (Å²) in [6, 6.07) is 8.77. The van der Waals surface area contributed by atoms with Crippen molar-refractivity contribution in [2.45, 2.75) is 52.1 Å². The molecule has 1 aromatic rings. The highest BCUT2D eigenvalue weighted by molar-refractivity contribution is 5.31. The second kappa shape index (κ2) is 5.71. The van der Waals surface area contributed by atoms with E-state index >= 15 is 0 Å². The van der Waals surface area contributed by atoms with Crippen LogP contribution in [0.15, 0.2) is 36.9 Å². The van der Waals surface area contributed by atoms with E-state index in [4.69, 9.17) is 4.74 Å². The SMILES string of the molecule is C=CCC(C)(OCC)c1ccc(C(C)(C)C)cc1. The lowest BCUT2D eigenvalue weighted by atomic mass is 9.84. The van der Waals surface area contributed by atoms with Crippen molar-refractivity contribution < 1.29 is 4.74 Å². The lowest BCUT2D eigenvalue weighted by Gasteiger charge is -2.30. The van der Waals surface area contributed by atoms with E-state index in [1.54, 1.807) is 0 Å². The fourth-order valence-corrected chi connectivity index (χ4v) is 2.18. The molecule has 1 unspecified atom stereocenters. The third-order valence-corrected chi connectivity index (χ3v) is 3.36. The highest BCUT2D eigenvalue weighted by Crippen LogP contribution is 2.31. The summed E-state index contributed by atoms with van der Waals surface area (Å²) in [6.45, 7) is 15.4. The van der Waals surface area contributed by atoms with E-state index in [9.17, 15) is 0 Å². The monoisotopic (exact) mass is 246 g/mol. The Kier molecular flexibility index (Phi) is 4.75. The fourth-order valence-electron chi connectivity index (χ4n) is 2.18. The average Bonchev–Trinajstić information content (AvgIpc) is 2.29. The maximum absolute atomic E-state index is 5.91. The highest BCUT2D eigenvalue weighted by Gasteiger charge is 2.26. The zero-order valence-corrected chi connectivity index (χ0v) is 12.4. The maximum atomic E-state index is 5.91. The van der Waals surface area contributed by atoms with Gasteiger partial charge in [-0.1, -0.05) is 51.1 Å². The molecule has 0 amide bonds. The molecule has 1 aromatic carbocycles. The van der Waals surface area contributed by atoms with Crippen LogP contribution in [0.25, 0.3) is 0 Å². The molecule has 18 heavy (non-hydrogen) atoms. The molecule has 0 heterocycles. The molecule has 0 radical (unpaired) electrons. The first-order chi connectivity index (χ1) is 8.33. The van der Waals surface area contributed by atoms with Crippen molar-refractivity contribution in [1.82, 2.24) is 0 Å². The highest BCUT2D eigenvalue weighted by atomic mass is 16.5. The van der Waals surface area contributed by atoms with E-state index in [2.05, 4.69) is 58.5 Å². The van der Waals surface area contributed by atoms with Gasteiger partial charge in [0.15, 0.2) is 0 Å². The van der Waals surface area contributed by atoms with Gasteiger partial charge in [0.05, 0.1) is 5.60 Å². The van der Waals surface area contributed by atoms with Crippen LogP contribution < -0.4 is 0 Å². The molecule has 0 aliphatic carbocycles. The summed E-state index contributed by atoms with van der Waals surface area (Å²) in [7, 11) is 0. The van der Waals surface area contributed by atoms with Gasteiger partial charge in [-0.3, -0.25) is 0 Å². The predicted molar refractivity (Wildman–Crippen MR) is 78.9 cm³/mol. The number of rotatable bonds is 5. The Balaban J connectivity index is 3.04. The van der Waals surface area contributed by atoms with Crippen molar-refractivity contribution in [2.75, 3.05) is 6.61 Å². The zero-order chi connectivity index (χ0) is 13.8. The first-order valence-electron chi connectivity index (χ1n) is 6.69. The molecule has 0 N–H and O–H groups in total. The number of benzene rings is 1. The molecule has 1 nitrogen and oxygen atoms in total. The van der Waals surface area contributed by atoms with E-state index in [1.165, 1.54) is 11.1 Å². The van der Waals surface area contributed by atoms with Crippen LogP contribution in [0.4, 0.5) is 0 Å². The van der Waals surface area contributed by atoms with Gasteiger partial charge in [0.2, 0.25) is 0 Å². The minimum atomic E-state index is -0.257. The third kappa shape index (κ3) is 3.46. The van der Waals surface area contributed by atoms with Crippen LogP contribution in [0.3, 0.4) is 0 Å². The number of ether oxygens (including phenoxy) is 1. The normalized spacial score (nSPS) is 15.2. The topological polar surface area (TPSA) is 9.23 Å². The van der Waals surface area contributed by atoms with E-state index < -0.39 is 0 Å². The summed E-state index contributed by atoms with van der Waals surface area (Å²) in [5, 5.41) is 0. The van der Waals surface area contributed by atoms with Gasteiger partial charge in [-0.15, -0.1) is 6.58 Å². The van der Waals surface area contributed by atoms with Crippen LogP contribution in [0.1, 0.15) is 52.2 Å². The molecule has 0 bridgehead atoms. The van der Waals surface area contributed by atoms with Crippen LogP contribution in [-0.4, -0.2) is 6.61 Å². The average molecular weight is 246 g/mol. The number of hydrogen-bond acceptors (Lipinski definition) is 1. The minimum absolute atomic E-state index is 0.193. The molecular formula is C17H26O. The van der Waals surface area contributed by atoms with E-state index in [1.807, 2.05) is 13.0 Å². The molecule has 0 aliphatic rings. The molecule has 0 saturated heterocycles. The van der Waals surface area contributed by atoms with Crippen LogP contribution in [-0.2, 0) is 15.8 Å². The molecule has 0 saturated carbocycles. The van der Waals surface area contributed by atoms with Gasteiger partial charge in [-0.05, 0) is 36.8 Å². The first kappa shape index (κ1) is 15.0. The Morgan fingerprint density at radius 3 is 1.94 bits per heavy atom. The zero-order valence-electron chi connectivity index (χ0n) is 12.4. The van der Waals surface area contributed by atoms with Gasteiger partial charge < -0.3 is 4.74 Å². The molecule has 0 aliphatic heterocycles. The van der Waals surface area contributed by atoms with Crippen molar-refractivity contribution in [1.29, 1.82) is 0 Å². The second-order valence-corrected chi connectivity index (χ2v) is 5.98. The van der Waals surface area contributed by atoms with Crippen molar-refractivity contribution in [3.8, 4) is 0 Å². The van der Waals surface area contributed by atoms with Crippen molar-refractivity contribution in [3.63, 3.8) is 0 Å². The van der Waals surface area contributed by atoms with Gasteiger partial charge in [0.1, 0.15) is 0 Å². The summed E-state index contributed by atoms with van der Waals surface area (Å²) in [6.07, 6.45) is 2.75. The van der Waals surface area contributed by atoms with Crippen molar-refractivity contribution in [2.24, 2.45) is 0 Å². The van der Waals surface area contributed by atoms with E-state index in [-0.39, 0.29) is 11.0 Å². The fraction of sp³-hybridized carbons (Fsp3) is 0.529. The first-order valence-corrected chi connectivity index (χ1v) is 6.69. The van der Waals surface area contributed by atoms with Gasteiger partial charge in [-0.2, -0.15) is 0 Å². The summed E-state index contributed by atoms with van der Waals surface area (Å²) >= 11 is 0. The lowest BCUT2D eigenvalue weighted by Crippen LogP contribution is -2.25. The van der Waals surface area contributed by atoms with E-state index in [0.29, 0.717) is 6.61 Å². The quantitative estimate of drug-likeness (QED) is 0.677. The van der Waals surface area contributed by atoms with Gasteiger partial charge in [0, 0.05) is 6.61 Å². The van der Waals surface area contributed by atoms with Crippen LogP contribution in [0.2, 0.25) is 0 Å². The third-order valence-electron chi connectivity index (χ3n) is 3.36. The molecular weight excluding hydrogens is 220 g/mol. The van der Waals surface area contributed by atoms with Crippen LogP contribution >= 0.6 is 0 Å². The summed E-state index contributed by atoms with van der Waals surface area (Å²) in [4.78, 5) is 0. The van der Waals surface area contributed by atoms with Gasteiger partial charge in [-0.25, -0.2) is 0 Å².